The minimum atomic E-state index is -0.610. The Morgan fingerprint density at radius 2 is 1.83 bits per heavy atom. The highest BCUT2D eigenvalue weighted by Crippen LogP contribution is 2.49. The van der Waals surface area contributed by atoms with Crippen LogP contribution in [0, 0.1) is 5.92 Å². The molecule has 3 aromatic rings. The van der Waals surface area contributed by atoms with Gasteiger partial charge >= 0.3 is 5.97 Å². The summed E-state index contributed by atoms with van der Waals surface area (Å²) in [7, 11) is 0. The number of H-pyrrole nitrogens is 1. The topological polar surface area (TPSA) is 72.0 Å². The lowest BCUT2D eigenvalue weighted by atomic mass is 9.60. The lowest BCUT2D eigenvalue weighted by molar-refractivity contribution is -0.142. The van der Waals surface area contributed by atoms with Crippen LogP contribution < -0.4 is 5.56 Å². The quantitative estimate of drug-likeness (QED) is 0.253. The molecule has 182 valence electrons. The second-order valence-corrected chi connectivity index (χ2v) is 10.9. The van der Waals surface area contributed by atoms with E-state index >= 15 is 0 Å². The lowest BCUT2D eigenvalue weighted by Crippen LogP contribution is -2.43. The monoisotopic (exact) mass is 488 g/mol. The Labute approximate surface area is 210 Å². The highest BCUT2D eigenvalue weighted by molar-refractivity contribution is 8.00. The summed E-state index contributed by atoms with van der Waals surface area (Å²) in [6.07, 6.45) is 6.85. The number of thioether (sulfide) groups is 1. The number of carbonyl (C=O) groups excluding carboxylic acids is 1. The minimum absolute atomic E-state index is 0.0873. The Hall–Kier alpha value is -2.86. The first kappa shape index (κ1) is 23.9. The number of hydrogen-bond donors (Lipinski definition) is 1. The Kier molecular flexibility index (Phi) is 6.83. The van der Waals surface area contributed by atoms with E-state index in [4.69, 9.17) is 9.72 Å². The average Bonchev–Trinajstić information content (AvgIpc) is 2.88. The van der Waals surface area contributed by atoms with Gasteiger partial charge in [-0.2, -0.15) is 0 Å². The molecule has 2 aromatic carbocycles. The normalized spacial score (nSPS) is 20.5. The fraction of sp³-hybridized carbons (Fsp3) is 0.414. The van der Waals surface area contributed by atoms with Crippen LogP contribution in [0.25, 0.3) is 11.3 Å². The van der Waals surface area contributed by atoms with Gasteiger partial charge in [0.15, 0.2) is 5.16 Å². The van der Waals surface area contributed by atoms with Crippen molar-refractivity contribution < 1.29 is 9.53 Å². The summed E-state index contributed by atoms with van der Waals surface area (Å²) < 4.78 is 5.36. The van der Waals surface area contributed by atoms with Crippen LogP contribution in [-0.2, 0) is 21.4 Å². The number of carbonyl (C=O) groups is 1. The third-order valence-corrected chi connectivity index (χ3v) is 8.75. The van der Waals surface area contributed by atoms with E-state index in [-0.39, 0.29) is 16.9 Å². The summed E-state index contributed by atoms with van der Waals surface area (Å²) in [5.41, 5.74) is 4.32. The van der Waals surface area contributed by atoms with Gasteiger partial charge in [0.05, 0.1) is 17.9 Å². The molecule has 0 saturated heterocycles. The molecule has 0 unspecified atom stereocenters. The smallest absolute Gasteiger partial charge is 0.324 e. The fourth-order valence-electron chi connectivity index (χ4n) is 5.92. The summed E-state index contributed by atoms with van der Waals surface area (Å²) in [6.45, 7) is 4.35. The molecule has 1 N–H and O–H groups in total. The lowest BCUT2D eigenvalue weighted by Gasteiger charge is -2.43. The van der Waals surface area contributed by atoms with Crippen LogP contribution in [0.3, 0.4) is 0 Å². The predicted molar refractivity (Wildman–Crippen MR) is 140 cm³/mol. The van der Waals surface area contributed by atoms with Gasteiger partial charge in [-0.05, 0) is 43.2 Å². The van der Waals surface area contributed by atoms with E-state index in [2.05, 4.69) is 30.1 Å². The molecule has 0 spiro atoms. The van der Waals surface area contributed by atoms with Crippen LogP contribution in [0.5, 0.6) is 0 Å². The van der Waals surface area contributed by atoms with E-state index in [1.807, 2.05) is 36.4 Å². The molecular formula is C29H32N2O3S. The van der Waals surface area contributed by atoms with E-state index in [0.29, 0.717) is 17.7 Å². The van der Waals surface area contributed by atoms with Gasteiger partial charge in [-0.15, -0.1) is 0 Å². The van der Waals surface area contributed by atoms with Crippen LogP contribution in [-0.4, -0.2) is 22.5 Å². The number of aromatic nitrogens is 2. The second kappa shape index (κ2) is 10.0. The summed E-state index contributed by atoms with van der Waals surface area (Å²) >= 11 is 1.25. The Morgan fingerprint density at radius 1 is 1.11 bits per heavy atom. The fourth-order valence-corrected chi connectivity index (χ4v) is 6.90. The summed E-state index contributed by atoms with van der Waals surface area (Å²) in [5.74, 6) is 0.123. The van der Waals surface area contributed by atoms with E-state index in [1.54, 1.807) is 6.92 Å². The third kappa shape index (κ3) is 4.56. The van der Waals surface area contributed by atoms with Crippen LogP contribution in [0.2, 0.25) is 0 Å². The van der Waals surface area contributed by atoms with E-state index in [0.717, 1.165) is 41.6 Å². The molecule has 2 atom stereocenters. The standard InChI is InChI=1S/C29H32N2O3S/c1-3-34-27(33)25(19-12-6-4-7-13-19)35-28-30-24-22-17-11-10-14-20(22)18-29(2,23(24)26(32)31-28)21-15-8-5-9-16-21/h4,6-7,10-14,17,21,25H,3,5,8-9,15-16,18H2,1-2H3,(H,30,31,32)/t25-,29+/m1/s1. The van der Waals surface area contributed by atoms with Crippen LogP contribution in [0.1, 0.15) is 67.9 Å². The summed E-state index contributed by atoms with van der Waals surface area (Å²) in [4.78, 5) is 34.7. The van der Waals surface area contributed by atoms with Gasteiger partial charge < -0.3 is 9.72 Å². The van der Waals surface area contributed by atoms with Gasteiger partial charge in [0.1, 0.15) is 5.25 Å². The largest absolute Gasteiger partial charge is 0.465 e. The zero-order chi connectivity index (χ0) is 24.4. The van der Waals surface area contributed by atoms with Crippen molar-refractivity contribution in [3.63, 3.8) is 0 Å². The zero-order valence-corrected chi connectivity index (χ0v) is 21.2. The SMILES string of the molecule is CCOC(=O)[C@H](Sc1nc2c(c(=O)[nH]1)[C@](C)(C1CCCCC1)Cc1ccccc1-2)c1ccccc1. The minimum Gasteiger partial charge on any atom is -0.465 e. The van der Waals surface area contributed by atoms with Crippen LogP contribution in [0.15, 0.2) is 64.5 Å². The molecule has 0 bridgehead atoms. The first-order valence-corrected chi connectivity index (χ1v) is 13.5. The highest BCUT2D eigenvalue weighted by atomic mass is 32.2. The number of fused-ring (bicyclic) bond motifs is 3. The molecule has 5 rings (SSSR count). The summed E-state index contributed by atoms with van der Waals surface area (Å²) in [5, 5.41) is -0.167. The second-order valence-electron chi connectivity index (χ2n) is 9.84. The number of esters is 1. The average molecular weight is 489 g/mol. The number of aromatic amines is 1. The maximum Gasteiger partial charge on any atom is 0.324 e. The predicted octanol–water partition coefficient (Wildman–Crippen LogP) is 6.23. The molecule has 2 aliphatic rings. The number of nitrogens with zero attached hydrogens (tertiary/aromatic N) is 1. The van der Waals surface area contributed by atoms with E-state index < -0.39 is 5.25 Å². The molecule has 6 heteroatoms. The zero-order valence-electron chi connectivity index (χ0n) is 20.4. The van der Waals surface area contributed by atoms with Crippen molar-refractivity contribution in [2.75, 3.05) is 6.61 Å². The van der Waals surface area contributed by atoms with Crippen molar-refractivity contribution in [2.24, 2.45) is 5.92 Å². The van der Waals surface area contributed by atoms with Gasteiger partial charge in [-0.25, -0.2) is 4.98 Å². The van der Waals surface area contributed by atoms with E-state index in [9.17, 15) is 9.59 Å². The number of ether oxygens (including phenoxy) is 1. The highest BCUT2D eigenvalue weighted by Gasteiger charge is 2.44. The molecule has 5 nitrogen and oxygen atoms in total. The Morgan fingerprint density at radius 3 is 2.57 bits per heavy atom. The Balaban J connectivity index is 1.60. The van der Waals surface area contributed by atoms with Crippen molar-refractivity contribution in [3.8, 4) is 11.3 Å². The number of nitrogens with one attached hydrogen (secondary N) is 1. The number of benzene rings is 2. The molecule has 1 saturated carbocycles. The van der Waals surface area contributed by atoms with Crippen LogP contribution >= 0.6 is 11.8 Å². The first-order valence-electron chi connectivity index (χ1n) is 12.6. The Bertz CT molecular complexity index is 1270. The molecule has 0 radical (unpaired) electrons. The van der Waals surface area contributed by atoms with Crippen molar-refractivity contribution in [2.45, 2.75) is 68.2 Å². The molecule has 35 heavy (non-hydrogen) atoms. The molecule has 1 fully saturated rings. The van der Waals surface area contributed by atoms with Crippen molar-refractivity contribution in [3.05, 3.63) is 81.6 Å². The van der Waals surface area contributed by atoms with Crippen molar-refractivity contribution in [1.29, 1.82) is 0 Å². The third-order valence-electron chi connectivity index (χ3n) is 7.64. The van der Waals surface area contributed by atoms with Gasteiger partial charge in [0.25, 0.3) is 5.56 Å². The van der Waals surface area contributed by atoms with E-state index in [1.165, 1.54) is 36.6 Å². The molecule has 2 aliphatic carbocycles. The van der Waals surface area contributed by atoms with Gasteiger partial charge in [0, 0.05) is 11.0 Å². The number of rotatable bonds is 6. The maximum atomic E-state index is 13.7. The number of hydrogen-bond acceptors (Lipinski definition) is 5. The molecular weight excluding hydrogens is 456 g/mol. The molecule has 0 aliphatic heterocycles. The molecule has 1 aromatic heterocycles. The molecule has 1 heterocycles. The van der Waals surface area contributed by atoms with Crippen molar-refractivity contribution >= 4 is 17.7 Å². The maximum absolute atomic E-state index is 13.7. The van der Waals surface area contributed by atoms with Crippen molar-refractivity contribution in [1.82, 2.24) is 9.97 Å². The van der Waals surface area contributed by atoms with Gasteiger partial charge in [-0.1, -0.05) is 92.5 Å². The van der Waals surface area contributed by atoms with Gasteiger partial charge in [-0.3, -0.25) is 9.59 Å². The van der Waals surface area contributed by atoms with Gasteiger partial charge in [0.2, 0.25) is 0 Å². The summed E-state index contributed by atoms with van der Waals surface area (Å²) in [6, 6.07) is 17.8. The molecule has 0 amide bonds. The first-order chi connectivity index (χ1) is 17.0. The van der Waals surface area contributed by atoms with Crippen LogP contribution in [0.4, 0.5) is 0 Å².